The van der Waals surface area contributed by atoms with Crippen LogP contribution in [0.1, 0.15) is 36.9 Å². The van der Waals surface area contributed by atoms with Gasteiger partial charge in [-0.2, -0.15) is 0 Å². The Balaban J connectivity index is 2.06. The van der Waals surface area contributed by atoms with Crippen LogP contribution in [0.25, 0.3) is 6.08 Å². The molecule has 106 valence electrons. The van der Waals surface area contributed by atoms with Crippen LogP contribution in [0.5, 0.6) is 0 Å². The minimum atomic E-state index is -0.0841. The molecule has 1 aromatic rings. The van der Waals surface area contributed by atoms with Crippen LogP contribution in [0.3, 0.4) is 0 Å². The SMILES string of the molecule is CCCCOCCCNC(=O)/C=C/c1csc(C)n1. The molecule has 0 aliphatic rings. The first-order chi connectivity index (χ1) is 9.22. The van der Waals surface area contributed by atoms with Gasteiger partial charge >= 0.3 is 0 Å². The molecule has 1 heterocycles. The highest BCUT2D eigenvalue weighted by Crippen LogP contribution is 2.08. The molecule has 1 N–H and O–H groups in total. The van der Waals surface area contributed by atoms with Gasteiger partial charge in [-0.1, -0.05) is 13.3 Å². The van der Waals surface area contributed by atoms with Gasteiger partial charge in [-0.05, 0) is 25.8 Å². The standard InChI is InChI=1S/C14H22N2O2S/c1-3-4-9-18-10-5-8-15-14(17)7-6-13-11-19-12(2)16-13/h6-7,11H,3-5,8-10H2,1-2H3,(H,15,17)/b7-6+. The molecule has 0 aromatic carbocycles. The van der Waals surface area contributed by atoms with Crippen LogP contribution >= 0.6 is 11.3 Å². The monoisotopic (exact) mass is 282 g/mol. The third kappa shape index (κ3) is 7.74. The average Bonchev–Trinajstić information content (AvgIpc) is 2.81. The van der Waals surface area contributed by atoms with Crippen molar-refractivity contribution in [1.29, 1.82) is 0 Å². The predicted octanol–water partition coefficient (Wildman–Crippen LogP) is 2.79. The largest absolute Gasteiger partial charge is 0.381 e. The first-order valence-electron chi connectivity index (χ1n) is 6.68. The van der Waals surface area contributed by atoms with Gasteiger partial charge < -0.3 is 10.1 Å². The van der Waals surface area contributed by atoms with Crippen molar-refractivity contribution in [3.63, 3.8) is 0 Å². The molecule has 0 saturated carbocycles. The second-order valence-corrected chi connectivity index (χ2v) is 5.30. The molecule has 0 bridgehead atoms. The van der Waals surface area contributed by atoms with Crippen molar-refractivity contribution >= 4 is 23.3 Å². The van der Waals surface area contributed by atoms with Crippen LogP contribution in [0.4, 0.5) is 0 Å². The molecule has 0 aliphatic carbocycles. The lowest BCUT2D eigenvalue weighted by molar-refractivity contribution is -0.116. The van der Waals surface area contributed by atoms with Gasteiger partial charge in [0.05, 0.1) is 10.7 Å². The van der Waals surface area contributed by atoms with Crippen molar-refractivity contribution < 1.29 is 9.53 Å². The summed E-state index contributed by atoms with van der Waals surface area (Å²) in [4.78, 5) is 15.7. The van der Waals surface area contributed by atoms with Crippen LogP contribution in [0.15, 0.2) is 11.5 Å². The van der Waals surface area contributed by atoms with Gasteiger partial charge in [0, 0.05) is 31.2 Å². The minimum absolute atomic E-state index is 0.0841. The maximum atomic E-state index is 11.5. The van der Waals surface area contributed by atoms with E-state index in [1.807, 2.05) is 12.3 Å². The Morgan fingerprint density at radius 1 is 1.47 bits per heavy atom. The number of ether oxygens (including phenoxy) is 1. The highest BCUT2D eigenvalue weighted by atomic mass is 32.1. The molecular formula is C14H22N2O2S. The van der Waals surface area contributed by atoms with Crippen molar-refractivity contribution in [1.82, 2.24) is 10.3 Å². The van der Waals surface area contributed by atoms with Gasteiger partial charge in [0.15, 0.2) is 0 Å². The number of carbonyl (C=O) groups is 1. The lowest BCUT2D eigenvalue weighted by atomic mass is 10.3. The highest BCUT2D eigenvalue weighted by molar-refractivity contribution is 7.09. The molecule has 5 heteroatoms. The Bertz CT molecular complexity index is 402. The van der Waals surface area contributed by atoms with E-state index in [9.17, 15) is 4.79 Å². The van der Waals surface area contributed by atoms with E-state index in [0.717, 1.165) is 36.6 Å². The summed E-state index contributed by atoms with van der Waals surface area (Å²) in [5.41, 5.74) is 0.834. The van der Waals surface area contributed by atoms with Crippen LogP contribution in [-0.4, -0.2) is 30.6 Å². The summed E-state index contributed by atoms with van der Waals surface area (Å²) in [5.74, 6) is -0.0841. The lowest BCUT2D eigenvalue weighted by Gasteiger charge is -2.03. The number of rotatable bonds is 9. The van der Waals surface area contributed by atoms with Crippen LogP contribution in [-0.2, 0) is 9.53 Å². The highest BCUT2D eigenvalue weighted by Gasteiger charge is 1.97. The predicted molar refractivity (Wildman–Crippen MR) is 79.2 cm³/mol. The number of aryl methyl sites for hydroxylation is 1. The summed E-state index contributed by atoms with van der Waals surface area (Å²) in [6.07, 6.45) is 6.35. The van der Waals surface area contributed by atoms with Crippen molar-refractivity contribution in [2.45, 2.75) is 33.1 Å². The average molecular weight is 282 g/mol. The topological polar surface area (TPSA) is 51.2 Å². The van der Waals surface area contributed by atoms with E-state index in [2.05, 4.69) is 17.2 Å². The number of unbranched alkanes of at least 4 members (excludes halogenated alkanes) is 1. The van der Waals surface area contributed by atoms with Crippen LogP contribution in [0.2, 0.25) is 0 Å². The minimum Gasteiger partial charge on any atom is -0.381 e. The number of hydrogen-bond donors (Lipinski definition) is 1. The Morgan fingerprint density at radius 3 is 2.95 bits per heavy atom. The third-order valence-corrected chi connectivity index (χ3v) is 3.24. The van der Waals surface area contributed by atoms with E-state index in [-0.39, 0.29) is 5.91 Å². The molecule has 19 heavy (non-hydrogen) atoms. The van der Waals surface area contributed by atoms with E-state index >= 15 is 0 Å². The Morgan fingerprint density at radius 2 is 2.26 bits per heavy atom. The van der Waals surface area contributed by atoms with E-state index < -0.39 is 0 Å². The number of carbonyl (C=O) groups excluding carboxylic acids is 1. The summed E-state index contributed by atoms with van der Waals surface area (Å²) in [6, 6.07) is 0. The maximum absolute atomic E-state index is 11.5. The lowest BCUT2D eigenvalue weighted by Crippen LogP contribution is -2.23. The fourth-order valence-corrected chi connectivity index (χ4v) is 1.99. The van der Waals surface area contributed by atoms with E-state index in [0.29, 0.717) is 13.2 Å². The number of hydrogen-bond acceptors (Lipinski definition) is 4. The van der Waals surface area contributed by atoms with E-state index in [1.54, 1.807) is 17.4 Å². The molecule has 4 nitrogen and oxygen atoms in total. The quantitative estimate of drug-likeness (QED) is 0.560. The van der Waals surface area contributed by atoms with Gasteiger partial charge in [0.25, 0.3) is 0 Å². The molecule has 0 spiro atoms. The summed E-state index contributed by atoms with van der Waals surface area (Å²) in [7, 11) is 0. The third-order valence-electron chi connectivity index (χ3n) is 2.45. The molecule has 1 rings (SSSR count). The molecule has 0 unspecified atom stereocenters. The fourth-order valence-electron chi connectivity index (χ4n) is 1.41. The van der Waals surface area contributed by atoms with Gasteiger partial charge in [-0.3, -0.25) is 4.79 Å². The molecule has 1 aromatic heterocycles. The van der Waals surface area contributed by atoms with E-state index in [4.69, 9.17) is 4.74 Å². The first kappa shape index (κ1) is 15.9. The van der Waals surface area contributed by atoms with Gasteiger partial charge in [0.1, 0.15) is 0 Å². The van der Waals surface area contributed by atoms with Gasteiger partial charge in [-0.25, -0.2) is 4.98 Å². The summed E-state index contributed by atoms with van der Waals surface area (Å²) in [5, 5.41) is 5.76. The fraction of sp³-hybridized carbons (Fsp3) is 0.571. The smallest absolute Gasteiger partial charge is 0.244 e. The van der Waals surface area contributed by atoms with Crippen LogP contribution in [0, 0.1) is 6.92 Å². The Labute approximate surface area is 118 Å². The Kier molecular flexibility index (Phi) is 8.09. The van der Waals surface area contributed by atoms with Gasteiger partial charge in [-0.15, -0.1) is 11.3 Å². The van der Waals surface area contributed by atoms with Crippen molar-refractivity contribution in [2.75, 3.05) is 19.8 Å². The summed E-state index contributed by atoms with van der Waals surface area (Å²) in [6.45, 7) is 6.24. The van der Waals surface area contributed by atoms with Crippen molar-refractivity contribution in [3.05, 3.63) is 22.2 Å². The van der Waals surface area contributed by atoms with Crippen molar-refractivity contribution in [2.24, 2.45) is 0 Å². The number of amides is 1. The second-order valence-electron chi connectivity index (χ2n) is 4.24. The van der Waals surface area contributed by atoms with Crippen molar-refractivity contribution in [3.8, 4) is 0 Å². The summed E-state index contributed by atoms with van der Waals surface area (Å²) >= 11 is 1.58. The molecular weight excluding hydrogens is 260 g/mol. The molecule has 1 amide bonds. The number of nitrogens with one attached hydrogen (secondary N) is 1. The molecule has 0 radical (unpaired) electrons. The second kappa shape index (κ2) is 9.69. The first-order valence-corrected chi connectivity index (χ1v) is 7.56. The zero-order valence-electron chi connectivity index (χ0n) is 11.6. The Hall–Kier alpha value is -1.20. The summed E-state index contributed by atoms with van der Waals surface area (Å²) < 4.78 is 5.41. The molecule has 0 atom stereocenters. The van der Waals surface area contributed by atoms with Crippen LogP contribution < -0.4 is 5.32 Å². The number of nitrogens with zero attached hydrogens (tertiary/aromatic N) is 1. The normalized spacial score (nSPS) is 11.1. The number of thiazole rings is 1. The zero-order chi connectivity index (χ0) is 13.9. The maximum Gasteiger partial charge on any atom is 0.244 e. The molecule has 0 saturated heterocycles. The van der Waals surface area contributed by atoms with Gasteiger partial charge in [0.2, 0.25) is 5.91 Å². The zero-order valence-corrected chi connectivity index (χ0v) is 12.5. The van der Waals surface area contributed by atoms with E-state index in [1.165, 1.54) is 6.08 Å². The molecule has 0 fully saturated rings. The number of aromatic nitrogens is 1. The molecule has 0 aliphatic heterocycles.